The Bertz CT molecular complexity index is 1180. The number of hydrogen-bond donors (Lipinski definition) is 1. The van der Waals surface area contributed by atoms with E-state index in [1.807, 2.05) is 66.7 Å². The minimum absolute atomic E-state index is 0.213. The third-order valence-corrected chi connectivity index (χ3v) is 8.13. The van der Waals surface area contributed by atoms with Crippen LogP contribution in [0.25, 0.3) is 0 Å². The van der Waals surface area contributed by atoms with E-state index in [4.69, 9.17) is 14.2 Å². The van der Waals surface area contributed by atoms with E-state index in [-0.39, 0.29) is 11.9 Å². The van der Waals surface area contributed by atoms with Crippen LogP contribution in [0.3, 0.4) is 0 Å². The number of piperidine rings is 3. The smallest absolute Gasteiger partial charge is 0.282 e. The first-order chi connectivity index (χ1) is 16.6. The van der Waals surface area contributed by atoms with Crippen LogP contribution in [0.2, 0.25) is 0 Å². The monoisotopic (exact) mass is 474 g/mol. The Balaban J connectivity index is 1.28. The van der Waals surface area contributed by atoms with Crippen LogP contribution < -0.4 is 4.74 Å². The number of aliphatic hydroxyl groups is 1. The van der Waals surface area contributed by atoms with Gasteiger partial charge in [0.2, 0.25) is 5.82 Å². The molecule has 3 aliphatic rings. The van der Waals surface area contributed by atoms with Crippen LogP contribution in [0.4, 0.5) is 0 Å². The quantitative estimate of drug-likeness (QED) is 0.397. The molecule has 3 fully saturated rings. The summed E-state index contributed by atoms with van der Waals surface area (Å²) in [6.07, 6.45) is 2.51. The zero-order valence-corrected chi connectivity index (χ0v) is 19.7. The van der Waals surface area contributed by atoms with Gasteiger partial charge in [-0.3, -0.25) is 0 Å². The second kappa shape index (κ2) is 8.65. The fourth-order valence-electron chi connectivity index (χ4n) is 5.61. The predicted molar refractivity (Wildman–Crippen MR) is 129 cm³/mol. The van der Waals surface area contributed by atoms with E-state index in [2.05, 4.69) is 15.9 Å². The Morgan fingerprint density at radius 2 is 1.68 bits per heavy atom. The number of fused-ring (bicyclic) bond motifs is 3. The standard InChI is InChI=1S/C27H28N3O3S/c31-27(21-7-3-1-4-8-21,22-9-5-2-6-10-22)26-28-25(33-29-26)18-30-14-11-20(12-15-30)24(17-30)32-23-13-16-34-19-23/h1-10,13,16,19-20,24,31H,11-12,14-15,17-18H2/q+1. The molecule has 34 heavy (non-hydrogen) atoms. The number of ether oxygens (including phenoxy) is 1. The number of nitrogens with zero attached hydrogens (tertiary/aromatic N) is 3. The lowest BCUT2D eigenvalue weighted by molar-refractivity contribution is -0.959. The average Bonchev–Trinajstić information content (AvgIpc) is 3.58. The molecular weight excluding hydrogens is 446 g/mol. The molecule has 1 unspecified atom stereocenters. The summed E-state index contributed by atoms with van der Waals surface area (Å²) < 4.78 is 13.0. The van der Waals surface area contributed by atoms with Gasteiger partial charge >= 0.3 is 0 Å². The highest BCUT2D eigenvalue weighted by atomic mass is 32.1. The molecule has 0 radical (unpaired) electrons. The van der Waals surface area contributed by atoms with Gasteiger partial charge < -0.3 is 18.8 Å². The van der Waals surface area contributed by atoms with Crippen molar-refractivity contribution >= 4 is 11.3 Å². The van der Waals surface area contributed by atoms with Crippen molar-refractivity contribution in [3.05, 3.63) is 100 Å². The highest BCUT2D eigenvalue weighted by molar-refractivity contribution is 7.08. The summed E-state index contributed by atoms with van der Waals surface area (Å²) in [4.78, 5) is 4.76. The van der Waals surface area contributed by atoms with Crippen LogP contribution >= 0.6 is 11.3 Å². The largest absolute Gasteiger partial charge is 0.483 e. The molecule has 5 heterocycles. The van der Waals surface area contributed by atoms with E-state index in [0.717, 1.165) is 42.7 Å². The molecule has 0 spiro atoms. The van der Waals surface area contributed by atoms with Gasteiger partial charge in [0.15, 0.2) is 18.2 Å². The van der Waals surface area contributed by atoms with Crippen molar-refractivity contribution in [1.82, 2.24) is 10.1 Å². The van der Waals surface area contributed by atoms with Gasteiger partial charge in [-0.25, -0.2) is 0 Å². The summed E-state index contributed by atoms with van der Waals surface area (Å²) in [5, 5.41) is 20.4. The van der Waals surface area contributed by atoms with Crippen molar-refractivity contribution in [2.75, 3.05) is 19.6 Å². The fourth-order valence-corrected chi connectivity index (χ4v) is 6.17. The third kappa shape index (κ3) is 3.83. The summed E-state index contributed by atoms with van der Waals surface area (Å²) in [6.45, 7) is 3.78. The molecule has 0 saturated carbocycles. The lowest BCUT2D eigenvalue weighted by atomic mass is 9.83. The molecule has 6 nitrogen and oxygen atoms in total. The van der Waals surface area contributed by atoms with Gasteiger partial charge in [0.1, 0.15) is 12.3 Å². The van der Waals surface area contributed by atoms with Crippen molar-refractivity contribution in [3.8, 4) is 5.75 Å². The topological polar surface area (TPSA) is 68.4 Å². The molecule has 0 amide bonds. The molecule has 7 rings (SSSR count). The van der Waals surface area contributed by atoms with Crippen LogP contribution in [-0.4, -0.2) is 45.5 Å². The molecule has 4 aromatic rings. The van der Waals surface area contributed by atoms with E-state index < -0.39 is 5.60 Å². The molecular formula is C27H28N3O3S+. The maximum atomic E-state index is 12.0. The second-order valence-electron chi connectivity index (χ2n) is 9.54. The molecule has 2 aromatic carbocycles. The van der Waals surface area contributed by atoms with E-state index in [0.29, 0.717) is 29.5 Å². The summed E-state index contributed by atoms with van der Waals surface area (Å²) in [6, 6.07) is 21.1. The Kier molecular flexibility index (Phi) is 5.48. The van der Waals surface area contributed by atoms with Gasteiger partial charge in [-0.1, -0.05) is 65.8 Å². The molecule has 1 atom stereocenters. The summed E-state index contributed by atoms with van der Waals surface area (Å²) >= 11 is 1.66. The number of benzene rings is 2. The van der Waals surface area contributed by atoms with Gasteiger partial charge in [-0.05, 0) is 22.6 Å². The van der Waals surface area contributed by atoms with Crippen LogP contribution in [0, 0.1) is 5.92 Å². The van der Waals surface area contributed by atoms with Crippen molar-refractivity contribution in [2.45, 2.75) is 31.1 Å². The molecule has 3 aliphatic heterocycles. The lowest BCUT2D eigenvalue weighted by Crippen LogP contribution is -2.64. The van der Waals surface area contributed by atoms with Crippen LogP contribution in [0.5, 0.6) is 5.75 Å². The molecule has 1 N–H and O–H groups in total. The SMILES string of the molecule is OC(c1ccccc1)(c1ccccc1)c1noc(C[N+]23CCC(CC2)C(Oc2ccsc2)C3)n1. The average molecular weight is 475 g/mol. The first-order valence-electron chi connectivity index (χ1n) is 11.9. The number of aromatic nitrogens is 2. The van der Waals surface area contributed by atoms with Crippen LogP contribution in [0.1, 0.15) is 35.7 Å². The van der Waals surface area contributed by atoms with E-state index in [1.165, 1.54) is 0 Å². The molecule has 174 valence electrons. The Morgan fingerprint density at radius 1 is 1.00 bits per heavy atom. The first kappa shape index (κ1) is 21.5. The summed E-state index contributed by atoms with van der Waals surface area (Å²) in [5.41, 5.74) is -0.0590. The van der Waals surface area contributed by atoms with E-state index >= 15 is 0 Å². The fraction of sp³-hybridized carbons (Fsp3) is 0.333. The van der Waals surface area contributed by atoms with Crippen molar-refractivity contribution in [1.29, 1.82) is 0 Å². The van der Waals surface area contributed by atoms with Gasteiger partial charge in [-0.15, -0.1) is 11.3 Å². The summed E-state index contributed by atoms with van der Waals surface area (Å²) in [5.74, 6) is 2.42. The molecule has 3 saturated heterocycles. The molecule has 7 heteroatoms. The molecule has 0 aliphatic carbocycles. The number of hydrogen-bond acceptors (Lipinski definition) is 6. The van der Waals surface area contributed by atoms with Gasteiger partial charge in [0.05, 0.1) is 13.1 Å². The van der Waals surface area contributed by atoms with Gasteiger partial charge in [0.25, 0.3) is 5.89 Å². The molecule has 2 bridgehead atoms. The number of thiophene rings is 1. The van der Waals surface area contributed by atoms with E-state index in [1.54, 1.807) is 11.3 Å². The van der Waals surface area contributed by atoms with Gasteiger partial charge in [0, 0.05) is 24.1 Å². The normalized spacial score (nSPS) is 24.3. The van der Waals surface area contributed by atoms with Crippen molar-refractivity contribution in [2.24, 2.45) is 5.92 Å². The minimum Gasteiger partial charge on any atom is -0.483 e. The van der Waals surface area contributed by atoms with Crippen LogP contribution in [0.15, 0.2) is 82.0 Å². The van der Waals surface area contributed by atoms with Crippen molar-refractivity contribution < 1.29 is 18.8 Å². The first-order valence-corrected chi connectivity index (χ1v) is 12.8. The number of rotatable bonds is 7. The van der Waals surface area contributed by atoms with Gasteiger partial charge in [-0.2, -0.15) is 4.98 Å². The maximum Gasteiger partial charge on any atom is 0.282 e. The van der Waals surface area contributed by atoms with E-state index in [9.17, 15) is 5.11 Å². The second-order valence-corrected chi connectivity index (χ2v) is 10.3. The van der Waals surface area contributed by atoms with Crippen LogP contribution in [-0.2, 0) is 12.1 Å². The maximum absolute atomic E-state index is 12.0. The highest BCUT2D eigenvalue weighted by Crippen LogP contribution is 2.39. The highest BCUT2D eigenvalue weighted by Gasteiger charge is 2.48. The van der Waals surface area contributed by atoms with Crippen molar-refractivity contribution in [3.63, 3.8) is 0 Å². The lowest BCUT2D eigenvalue weighted by Gasteiger charge is -2.51. The minimum atomic E-state index is -1.48. The molecule has 2 aromatic heterocycles. The predicted octanol–water partition coefficient (Wildman–Crippen LogP) is 4.60. The zero-order valence-electron chi connectivity index (χ0n) is 18.9. The summed E-state index contributed by atoms with van der Waals surface area (Å²) in [7, 11) is 0. The third-order valence-electron chi connectivity index (χ3n) is 7.47. The zero-order chi connectivity index (χ0) is 23.0. The number of quaternary nitrogens is 1. The Labute approximate surface area is 203 Å². The Hall–Kier alpha value is -3.00. The Morgan fingerprint density at radius 3 is 2.29 bits per heavy atom.